The lowest BCUT2D eigenvalue weighted by Crippen LogP contribution is -2.11. The van der Waals surface area contributed by atoms with E-state index in [2.05, 4.69) is 0 Å². The van der Waals surface area contributed by atoms with E-state index in [9.17, 15) is 4.79 Å². The number of primary amides is 1. The fraction of sp³-hybridized carbons (Fsp3) is 0.364. The molecule has 0 fully saturated rings. The van der Waals surface area contributed by atoms with Gasteiger partial charge in [-0.15, -0.1) is 0 Å². The molecule has 14 heavy (non-hydrogen) atoms. The summed E-state index contributed by atoms with van der Waals surface area (Å²) in [6.07, 6.45) is 0.862. The molecule has 0 unspecified atom stereocenters. The van der Waals surface area contributed by atoms with Crippen LogP contribution in [-0.4, -0.2) is 12.5 Å². The minimum Gasteiger partial charge on any atom is -0.494 e. The Morgan fingerprint density at radius 2 is 2.07 bits per heavy atom. The van der Waals surface area contributed by atoms with Crippen molar-refractivity contribution >= 4 is 5.91 Å². The summed E-state index contributed by atoms with van der Waals surface area (Å²) in [6, 6.07) is 5.39. The monoisotopic (exact) mass is 193 g/mol. The van der Waals surface area contributed by atoms with E-state index in [4.69, 9.17) is 10.5 Å². The van der Waals surface area contributed by atoms with Gasteiger partial charge in [0.25, 0.3) is 0 Å². The van der Waals surface area contributed by atoms with Crippen LogP contribution < -0.4 is 10.5 Å². The zero-order chi connectivity index (χ0) is 10.6. The second-order valence-electron chi connectivity index (χ2n) is 3.02. The van der Waals surface area contributed by atoms with Gasteiger partial charge in [0, 0.05) is 5.56 Å². The molecule has 1 amide bonds. The molecule has 1 aromatic carbocycles. The van der Waals surface area contributed by atoms with Crippen molar-refractivity contribution in [2.45, 2.75) is 20.3 Å². The van der Waals surface area contributed by atoms with Crippen molar-refractivity contribution in [3.63, 3.8) is 0 Å². The highest BCUT2D eigenvalue weighted by Crippen LogP contribution is 2.17. The molecule has 1 aromatic rings. The number of amides is 1. The van der Waals surface area contributed by atoms with Gasteiger partial charge in [-0.2, -0.15) is 0 Å². The van der Waals surface area contributed by atoms with Crippen LogP contribution in [0.5, 0.6) is 5.75 Å². The van der Waals surface area contributed by atoms with Crippen LogP contribution in [0.4, 0.5) is 0 Å². The van der Waals surface area contributed by atoms with Crippen LogP contribution in [0.1, 0.15) is 29.8 Å². The first kappa shape index (κ1) is 10.6. The Morgan fingerprint density at radius 3 is 2.57 bits per heavy atom. The van der Waals surface area contributed by atoms with Crippen molar-refractivity contribution in [2.24, 2.45) is 5.73 Å². The van der Waals surface area contributed by atoms with E-state index in [0.29, 0.717) is 17.9 Å². The maximum absolute atomic E-state index is 11.0. The van der Waals surface area contributed by atoms with E-state index in [1.807, 2.05) is 19.9 Å². The Balaban J connectivity index is 3.06. The van der Waals surface area contributed by atoms with Crippen LogP contribution in [-0.2, 0) is 6.42 Å². The van der Waals surface area contributed by atoms with E-state index < -0.39 is 5.91 Å². The first-order valence-corrected chi connectivity index (χ1v) is 4.74. The van der Waals surface area contributed by atoms with Crippen molar-refractivity contribution < 1.29 is 9.53 Å². The Hall–Kier alpha value is -1.51. The number of aryl methyl sites for hydroxylation is 1. The highest BCUT2D eigenvalue weighted by Gasteiger charge is 2.04. The predicted molar refractivity (Wildman–Crippen MR) is 55.5 cm³/mol. The number of hydrogen-bond acceptors (Lipinski definition) is 2. The lowest BCUT2D eigenvalue weighted by Gasteiger charge is -2.07. The molecule has 0 saturated heterocycles. The van der Waals surface area contributed by atoms with E-state index in [-0.39, 0.29) is 0 Å². The summed E-state index contributed by atoms with van der Waals surface area (Å²) in [5.74, 6) is 0.293. The summed E-state index contributed by atoms with van der Waals surface area (Å²) in [7, 11) is 0. The third-order valence-corrected chi connectivity index (χ3v) is 1.97. The van der Waals surface area contributed by atoms with Crippen LogP contribution in [0.3, 0.4) is 0 Å². The number of rotatable bonds is 4. The largest absolute Gasteiger partial charge is 0.494 e. The van der Waals surface area contributed by atoms with Crippen molar-refractivity contribution in [3.05, 3.63) is 29.3 Å². The lowest BCUT2D eigenvalue weighted by molar-refractivity contribution is 0.0999. The molecule has 0 aliphatic carbocycles. The summed E-state index contributed by atoms with van der Waals surface area (Å²) < 4.78 is 5.33. The third-order valence-electron chi connectivity index (χ3n) is 1.97. The molecule has 1 rings (SSSR count). The SMILES string of the molecule is CCOc1cc(CC)cc(C(N)=O)c1. The standard InChI is InChI=1S/C11H15NO2/c1-3-8-5-9(11(12)13)7-10(6-8)14-4-2/h5-7H,3-4H2,1-2H3,(H2,12,13). The Morgan fingerprint density at radius 1 is 1.36 bits per heavy atom. The van der Waals surface area contributed by atoms with E-state index >= 15 is 0 Å². The summed E-state index contributed by atoms with van der Waals surface area (Å²) in [6.45, 7) is 4.52. The van der Waals surface area contributed by atoms with Gasteiger partial charge in [0.15, 0.2) is 0 Å². The van der Waals surface area contributed by atoms with Crippen LogP contribution in [0.25, 0.3) is 0 Å². The predicted octanol–water partition coefficient (Wildman–Crippen LogP) is 1.75. The molecule has 0 aliphatic heterocycles. The second kappa shape index (κ2) is 4.65. The van der Waals surface area contributed by atoms with Gasteiger partial charge in [0.2, 0.25) is 5.91 Å². The smallest absolute Gasteiger partial charge is 0.248 e. The van der Waals surface area contributed by atoms with Gasteiger partial charge in [-0.05, 0) is 37.1 Å². The van der Waals surface area contributed by atoms with Gasteiger partial charge < -0.3 is 10.5 Å². The fourth-order valence-electron chi connectivity index (χ4n) is 1.26. The molecule has 0 radical (unpaired) electrons. The van der Waals surface area contributed by atoms with E-state index in [0.717, 1.165) is 12.0 Å². The zero-order valence-electron chi connectivity index (χ0n) is 8.54. The molecule has 0 aliphatic rings. The Kier molecular flexibility index (Phi) is 3.51. The quantitative estimate of drug-likeness (QED) is 0.792. The van der Waals surface area contributed by atoms with E-state index in [1.165, 1.54) is 0 Å². The maximum Gasteiger partial charge on any atom is 0.248 e. The molecular weight excluding hydrogens is 178 g/mol. The van der Waals surface area contributed by atoms with Gasteiger partial charge >= 0.3 is 0 Å². The average molecular weight is 193 g/mol. The molecular formula is C11H15NO2. The minimum atomic E-state index is -0.416. The number of carbonyl (C=O) groups is 1. The topological polar surface area (TPSA) is 52.3 Å². The van der Waals surface area contributed by atoms with Crippen LogP contribution in [0.2, 0.25) is 0 Å². The highest BCUT2D eigenvalue weighted by atomic mass is 16.5. The van der Waals surface area contributed by atoms with Gasteiger partial charge in [0.1, 0.15) is 5.75 Å². The molecule has 0 bridgehead atoms. The van der Waals surface area contributed by atoms with Crippen molar-refractivity contribution in [3.8, 4) is 5.75 Å². The van der Waals surface area contributed by atoms with Gasteiger partial charge in [-0.3, -0.25) is 4.79 Å². The molecule has 3 nitrogen and oxygen atoms in total. The Bertz CT molecular complexity index is 334. The summed E-state index contributed by atoms with van der Waals surface area (Å²) in [4.78, 5) is 11.0. The first-order valence-electron chi connectivity index (χ1n) is 4.74. The minimum absolute atomic E-state index is 0.416. The molecule has 2 N–H and O–H groups in total. The average Bonchev–Trinajstić information content (AvgIpc) is 2.17. The van der Waals surface area contributed by atoms with Gasteiger partial charge in [0.05, 0.1) is 6.61 Å². The molecule has 0 heterocycles. The highest BCUT2D eigenvalue weighted by molar-refractivity contribution is 5.93. The number of benzene rings is 1. The zero-order valence-corrected chi connectivity index (χ0v) is 8.54. The molecule has 76 valence electrons. The van der Waals surface area contributed by atoms with Gasteiger partial charge in [-0.1, -0.05) is 6.92 Å². The molecule has 3 heteroatoms. The first-order chi connectivity index (χ1) is 6.67. The molecule has 0 saturated carbocycles. The van der Waals surface area contributed by atoms with Gasteiger partial charge in [-0.25, -0.2) is 0 Å². The van der Waals surface area contributed by atoms with Crippen molar-refractivity contribution in [1.29, 1.82) is 0 Å². The number of nitrogens with two attached hydrogens (primary N) is 1. The van der Waals surface area contributed by atoms with Crippen LogP contribution in [0, 0.1) is 0 Å². The summed E-state index contributed by atoms with van der Waals surface area (Å²) in [5.41, 5.74) is 6.78. The molecule has 0 spiro atoms. The second-order valence-corrected chi connectivity index (χ2v) is 3.02. The van der Waals surface area contributed by atoms with Crippen molar-refractivity contribution in [2.75, 3.05) is 6.61 Å². The van der Waals surface area contributed by atoms with Crippen molar-refractivity contribution in [1.82, 2.24) is 0 Å². The number of ether oxygens (including phenoxy) is 1. The number of carbonyl (C=O) groups excluding carboxylic acids is 1. The van der Waals surface area contributed by atoms with E-state index in [1.54, 1.807) is 12.1 Å². The fourth-order valence-corrected chi connectivity index (χ4v) is 1.26. The summed E-state index contributed by atoms with van der Waals surface area (Å²) in [5, 5.41) is 0. The van der Waals surface area contributed by atoms with Crippen LogP contribution in [0.15, 0.2) is 18.2 Å². The normalized spacial score (nSPS) is 9.86. The maximum atomic E-state index is 11.0. The Labute approximate surface area is 83.9 Å². The lowest BCUT2D eigenvalue weighted by atomic mass is 10.1. The van der Waals surface area contributed by atoms with Crippen LogP contribution >= 0.6 is 0 Å². The third kappa shape index (κ3) is 2.49. The number of hydrogen-bond donors (Lipinski definition) is 1. The molecule has 0 aromatic heterocycles. The summed E-state index contributed by atoms with van der Waals surface area (Å²) >= 11 is 0. The molecule has 0 atom stereocenters.